The molecule has 0 fully saturated rings. The third-order valence-corrected chi connectivity index (χ3v) is 5.92. The Kier molecular flexibility index (Phi) is 6.08. The molecule has 1 heterocycles. The number of nitrogens with two attached hydrogens (primary N) is 1. The number of benzene rings is 2. The molecule has 1 aromatic heterocycles. The number of aryl methyl sites for hydroxylation is 2. The number of hydrogen-bond acceptors (Lipinski definition) is 4. The minimum Gasteiger partial charge on any atom is -0.383 e. The van der Waals surface area contributed by atoms with Crippen molar-refractivity contribution < 1.29 is 4.79 Å². The van der Waals surface area contributed by atoms with E-state index in [4.69, 9.17) is 18.0 Å². The predicted octanol–water partition coefficient (Wildman–Crippen LogP) is 4.91. The predicted molar refractivity (Wildman–Crippen MR) is 115 cm³/mol. The van der Waals surface area contributed by atoms with Gasteiger partial charge in [-0.2, -0.15) is 0 Å². The summed E-state index contributed by atoms with van der Waals surface area (Å²) < 4.78 is 2.45. The Bertz CT molecular complexity index is 984. The van der Waals surface area contributed by atoms with Gasteiger partial charge in [-0.25, -0.2) is 0 Å². The Balaban J connectivity index is 1.96. The molecule has 140 valence electrons. The number of carbonyl (C=O) groups is 1. The van der Waals surface area contributed by atoms with E-state index >= 15 is 0 Å². The fraction of sp³-hybridized carbons (Fsp3) is 0.238. The monoisotopic (exact) mass is 397 g/mol. The zero-order valence-corrected chi connectivity index (χ0v) is 17.1. The second-order valence-electron chi connectivity index (χ2n) is 6.22. The number of nitrogens with zero attached hydrogens (tertiary/aromatic N) is 1. The maximum absolute atomic E-state index is 12.7. The van der Waals surface area contributed by atoms with Crippen molar-refractivity contribution >= 4 is 35.3 Å². The average Bonchev–Trinajstić information content (AvgIpc) is 3.00. The largest absolute Gasteiger partial charge is 0.383 e. The summed E-state index contributed by atoms with van der Waals surface area (Å²) in [4.78, 5) is 13.2. The van der Waals surface area contributed by atoms with E-state index in [0.29, 0.717) is 21.2 Å². The molecule has 0 atom stereocenters. The van der Waals surface area contributed by atoms with E-state index in [1.807, 2.05) is 34.9 Å². The highest BCUT2D eigenvalue weighted by atomic mass is 32.1. The maximum atomic E-state index is 12.7. The van der Waals surface area contributed by atoms with Crippen LogP contribution in [-0.4, -0.2) is 10.5 Å². The van der Waals surface area contributed by atoms with Crippen LogP contribution < -0.4 is 11.1 Å². The lowest BCUT2D eigenvalue weighted by molar-refractivity contribution is 0.0955. The van der Waals surface area contributed by atoms with Crippen LogP contribution in [0.4, 0.5) is 5.82 Å². The van der Waals surface area contributed by atoms with Gasteiger partial charge < -0.3 is 11.1 Å². The summed E-state index contributed by atoms with van der Waals surface area (Å²) in [6.07, 6.45) is 1.74. The van der Waals surface area contributed by atoms with E-state index in [9.17, 15) is 4.79 Å². The molecule has 0 bridgehead atoms. The SMILES string of the molecule is CCc1cccc(CC)c1-n1c(N)c(C(=O)NCc2ccccc2)sc1=S. The summed E-state index contributed by atoms with van der Waals surface area (Å²) in [6.45, 7) is 4.67. The van der Waals surface area contributed by atoms with Crippen LogP contribution in [0.25, 0.3) is 5.69 Å². The molecule has 1 amide bonds. The first kappa shape index (κ1) is 19.3. The minimum absolute atomic E-state index is 0.196. The Labute approximate surface area is 168 Å². The normalized spacial score (nSPS) is 10.7. The van der Waals surface area contributed by atoms with E-state index < -0.39 is 0 Å². The van der Waals surface area contributed by atoms with Crippen molar-refractivity contribution in [2.45, 2.75) is 33.2 Å². The molecule has 0 spiro atoms. The summed E-state index contributed by atoms with van der Waals surface area (Å²) in [6, 6.07) is 16.0. The van der Waals surface area contributed by atoms with Gasteiger partial charge in [0.15, 0.2) is 3.95 Å². The van der Waals surface area contributed by atoms with Crippen molar-refractivity contribution in [2.75, 3.05) is 5.73 Å². The summed E-state index contributed by atoms with van der Waals surface area (Å²) in [5.74, 6) is 0.212. The topological polar surface area (TPSA) is 60.0 Å². The Morgan fingerprint density at radius 3 is 2.30 bits per heavy atom. The molecule has 27 heavy (non-hydrogen) atoms. The van der Waals surface area contributed by atoms with Crippen LogP contribution in [0.5, 0.6) is 0 Å². The number of aromatic nitrogens is 1. The first-order valence-corrected chi connectivity index (χ1v) is 10.2. The number of nitrogen functional groups attached to an aromatic ring is 1. The third-order valence-electron chi connectivity index (χ3n) is 4.54. The molecular formula is C21H23N3OS2. The number of thiazole rings is 1. The molecule has 3 rings (SSSR count). The van der Waals surface area contributed by atoms with Gasteiger partial charge in [-0.15, -0.1) is 0 Å². The summed E-state index contributed by atoms with van der Waals surface area (Å²) in [5.41, 5.74) is 10.8. The molecule has 0 aliphatic carbocycles. The number of carbonyl (C=O) groups excluding carboxylic acids is 1. The number of nitrogens with one attached hydrogen (secondary N) is 1. The summed E-state index contributed by atoms with van der Waals surface area (Å²) in [5, 5.41) is 2.94. The second kappa shape index (κ2) is 8.50. The Morgan fingerprint density at radius 2 is 1.70 bits per heavy atom. The molecule has 0 unspecified atom stereocenters. The van der Waals surface area contributed by atoms with Crippen molar-refractivity contribution in [3.05, 3.63) is 74.1 Å². The Morgan fingerprint density at radius 1 is 1.07 bits per heavy atom. The van der Waals surface area contributed by atoms with Crippen molar-refractivity contribution in [2.24, 2.45) is 0 Å². The molecule has 3 N–H and O–H groups in total. The van der Waals surface area contributed by atoms with Crippen molar-refractivity contribution in [3.8, 4) is 5.69 Å². The van der Waals surface area contributed by atoms with Gasteiger partial charge in [0, 0.05) is 6.54 Å². The molecule has 4 nitrogen and oxygen atoms in total. The van der Waals surface area contributed by atoms with Crippen molar-refractivity contribution in [1.82, 2.24) is 9.88 Å². The molecule has 0 aliphatic heterocycles. The van der Waals surface area contributed by atoms with E-state index in [0.717, 1.165) is 24.1 Å². The number of anilines is 1. The zero-order valence-electron chi connectivity index (χ0n) is 15.5. The molecular weight excluding hydrogens is 374 g/mol. The van der Waals surface area contributed by atoms with E-state index in [-0.39, 0.29) is 5.91 Å². The van der Waals surface area contributed by atoms with Gasteiger partial charge in [-0.3, -0.25) is 9.36 Å². The smallest absolute Gasteiger partial charge is 0.265 e. The maximum Gasteiger partial charge on any atom is 0.265 e. The molecule has 0 radical (unpaired) electrons. The molecule has 0 aliphatic rings. The first-order valence-electron chi connectivity index (χ1n) is 9.01. The van der Waals surface area contributed by atoms with Gasteiger partial charge >= 0.3 is 0 Å². The Hall–Kier alpha value is -2.44. The molecule has 0 saturated heterocycles. The van der Waals surface area contributed by atoms with Crippen LogP contribution in [0, 0.1) is 3.95 Å². The van der Waals surface area contributed by atoms with E-state index in [1.165, 1.54) is 22.5 Å². The number of amides is 1. The second-order valence-corrected chi connectivity index (χ2v) is 7.86. The highest BCUT2D eigenvalue weighted by Gasteiger charge is 2.20. The minimum atomic E-state index is -0.196. The highest BCUT2D eigenvalue weighted by molar-refractivity contribution is 7.73. The van der Waals surface area contributed by atoms with Crippen LogP contribution in [0.2, 0.25) is 0 Å². The molecule has 6 heteroatoms. The van der Waals surface area contributed by atoms with Gasteiger partial charge in [0.25, 0.3) is 5.91 Å². The third kappa shape index (κ3) is 3.96. The van der Waals surface area contributed by atoms with Crippen LogP contribution in [0.3, 0.4) is 0 Å². The van der Waals surface area contributed by atoms with Gasteiger partial charge in [0.1, 0.15) is 10.7 Å². The molecule has 3 aromatic rings. The molecule has 2 aromatic carbocycles. The van der Waals surface area contributed by atoms with Gasteiger partial charge in [0.2, 0.25) is 0 Å². The van der Waals surface area contributed by atoms with Gasteiger partial charge in [-0.1, -0.05) is 73.7 Å². The molecule has 0 saturated carbocycles. The fourth-order valence-electron chi connectivity index (χ4n) is 3.12. The van der Waals surface area contributed by atoms with E-state index in [2.05, 4.69) is 37.4 Å². The highest BCUT2D eigenvalue weighted by Crippen LogP contribution is 2.30. The van der Waals surface area contributed by atoms with Crippen LogP contribution in [0.15, 0.2) is 48.5 Å². The van der Waals surface area contributed by atoms with Crippen LogP contribution in [0.1, 0.15) is 40.2 Å². The van der Waals surface area contributed by atoms with Crippen molar-refractivity contribution in [1.29, 1.82) is 0 Å². The lowest BCUT2D eigenvalue weighted by Crippen LogP contribution is -2.23. The lowest BCUT2D eigenvalue weighted by Gasteiger charge is -2.15. The number of para-hydroxylation sites is 1. The summed E-state index contributed by atoms with van der Waals surface area (Å²) in [7, 11) is 0. The standard InChI is InChI=1S/C21H23N3OS2/c1-3-15-11-8-12-16(4-2)17(15)24-19(22)18(27-21(24)26)20(25)23-13-14-9-6-5-7-10-14/h5-12H,3-4,13,22H2,1-2H3,(H,23,25). The van der Waals surface area contributed by atoms with Gasteiger partial charge in [-0.05, 0) is 41.7 Å². The van der Waals surface area contributed by atoms with Crippen LogP contribution >= 0.6 is 23.6 Å². The fourth-order valence-corrected chi connectivity index (χ4v) is 4.38. The average molecular weight is 398 g/mol. The van der Waals surface area contributed by atoms with Gasteiger partial charge in [0.05, 0.1) is 5.69 Å². The van der Waals surface area contributed by atoms with E-state index in [1.54, 1.807) is 0 Å². The quantitative estimate of drug-likeness (QED) is 0.581. The number of hydrogen-bond donors (Lipinski definition) is 2. The number of rotatable bonds is 6. The zero-order chi connectivity index (χ0) is 19.4. The summed E-state index contributed by atoms with van der Waals surface area (Å²) >= 11 is 6.83. The van der Waals surface area contributed by atoms with Crippen LogP contribution in [-0.2, 0) is 19.4 Å². The van der Waals surface area contributed by atoms with Crippen molar-refractivity contribution in [3.63, 3.8) is 0 Å². The lowest BCUT2D eigenvalue weighted by atomic mass is 10.0. The first-order chi connectivity index (χ1) is 13.1.